The summed E-state index contributed by atoms with van der Waals surface area (Å²) in [6, 6.07) is 12.5. The van der Waals surface area contributed by atoms with Crippen LogP contribution in [0.4, 0.5) is 0 Å². The number of hydrogen-bond donors (Lipinski definition) is 1. The van der Waals surface area contributed by atoms with Gasteiger partial charge in [0.1, 0.15) is 11.4 Å². The molecule has 3 heterocycles. The van der Waals surface area contributed by atoms with E-state index in [0.29, 0.717) is 12.3 Å². The minimum Gasteiger partial charge on any atom is -0.487 e. The number of hydrogen-bond acceptors (Lipinski definition) is 4. The zero-order valence-electron chi connectivity index (χ0n) is 17.6. The largest absolute Gasteiger partial charge is 0.487 e. The van der Waals surface area contributed by atoms with Crippen molar-refractivity contribution in [1.29, 1.82) is 0 Å². The third-order valence-corrected chi connectivity index (χ3v) is 6.92. The summed E-state index contributed by atoms with van der Waals surface area (Å²) in [6.45, 7) is 3.81. The zero-order valence-corrected chi connectivity index (χ0v) is 17.6. The summed E-state index contributed by atoms with van der Waals surface area (Å²) in [5.41, 5.74) is 2.30. The molecule has 1 spiro atoms. The van der Waals surface area contributed by atoms with Gasteiger partial charge in [0.25, 0.3) is 0 Å². The first-order chi connectivity index (χ1) is 14.7. The van der Waals surface area contributed by atoms with E-state index >= 15 is 0 Å². The predicted molar refractivity (Wildman–Crippen MR) is 116 cm³/mol. The summed E-state index contributed by atoms with van der Waals surface area (Å²) in [7, 11) is 0. The number of fused-ring (bicyclic) bond motifs is 1. The number of amides is 1. The molecule has 3 aliphatic rings. The Bertz CT molecular complexity index is 873. The second-order valence-corrected chi connectivity index (χ2v) is 9.31. The predicted octanol–water partition coefficient (Wildman–Crippen LogP) is 3.90. The number of rotatable bonds is 6. The number of pyridine rings is 1. The molecule has 1 aromatic heterocycles. The van der Waals surface area contributed by atoms with E-state index in [1.807, 2.05) is 24.5 Å². The van der Waals surface area contributed by atoms with Crippen LogP contribution in [-0.2, 0) is 11.3 Å². The lowest BCUT2D eigenvalue weighted by Crippen LogP contribution is -2.50. The smallest absolute Gasteiger partial charge is 0.220 e. The van der Waals surface area contributed by atoms with E-state index in [-0.39, 0.29) is 17.4 Å². The van der Waals surface area contributed by atoms with Gasteiger partial charge in [-0.05, 0) is 61.3 Å². The minimum absolute atomic E-state index is 0.152. The van der Waals surface area contributed by atoms with Crippen molar-refractivity contribution >= 4 is 5.91 Å². The molecule has 0 bridgehead atoms. The molecule has 1 amide bonds. The molecular weight excluding hydrogens is 374 g/mol. The van der Waals surface area contributed by atoms with E-state index in [1.165, 1.54) is 24.0 Å². The van der Waals surface area contributed by atoms with E-state index < -0.39 is 0 Å². The third kappa shape index (κ3) is 4.51. The fourth-order valence-electron chi connectivity index (χ4n) is 4.98. The van der Waals surface area contributed by atoms with Gasteiger partial charge < -0.3 is 10.1 Å². The summed E-state index contributed by atoms with van der Waals surface area (Å²) < 4.78 is 6.61. The second-order valence-electron chi connectivity index (χ2n) is 9.31. The summed E-state index contributed by atoms with van der Waals surface area (Å²) in [5, 5.41) is 3.15. The van der Waals surface area contributed by atoms with Gasteiger partial charge in [-0.2, -0.15) is 0 Å². The summed E-state index contributed by atoms with van der Waals surface area (Å²) in [4.78, 5) is 19.3. The molecule has 1 N–H and O–H groups in total. The molecule has 1 unspecified atom stereocenters. The van der Waals surface area contributed by atoms with Gasteiger partial charge in [0.05, 0.1) is 0 Å². The maximum atomic E-state index is 12.6. The van der Waals surface area contributed by atoms with Crippen LogP contribution in [0.15, 0.2) is 48.8 Å². The van der Waals surface area contributed by atoms with E-state index in [9.17, 15) is 4.79 Å². The first kappa shape index (κ1) is 19.6. The van der Waals surface area contributed by atoms with Crippen molar-refractivity contribution in [3.63, 3.8) is 0 Å². The van der Waals surface area contributed by atoms with Gasteiger partial charge in [-0.25, -0.2) is 0 Å². The molecule has 1 saturated carbocycles. The number of carbonyl (C=O) groups is 1. The van der Waals surface area contributed by atoms with Crippen LogP contribution in [0, 0.1) is 5.92 Å². The van der Waals surface area contributed by atoms with Gasteiger partial charge in [-0.15, -0.1) is 0 Å². The van der Waals surface area contributed by atoms with Gasteiger partial charge in [0, 0.05) is 50.9 Å². The topological polar surface area (TPSA) is 54.5 Å². The standard InChI is InChI=1S/C25H31N3O2/c29-24(27-17-19-7-8-19)14-21-15-25(30-23-6-2-1-5-22(21)23)9-12-28(13-10-25)18-20-4-3-11-26-16-20/h1-6,11,16,19,21H,7-10,12-15,17-18H2,(H,27,29). The highest BCUT2D eigenvalue weighted by Crippen LogP contribution is 2.46. The molecule has 158 valence electrons. The van der Waals surface area contributed by atoms with Crippen molar-refractivity contribution in [3.05, 3.63) is 59.9 Å². The highest BCUT2D eigenvalue weighted by molar-refractivity contribution is 5.77. The van der Waals surface area contributed by atoms with Gasteiger partial charge in [-0.3, -0.25) is 14.7 Å². The SMILES string of the molecule is O=C(CC1CC2(CCN(Cc3cccnc3)CC2)Oc2ccccc21)NCC1CC1. The fourth-order valence-corrected chi connectivity index (χ4v) is 4.98. The number of piperidine rings is 1. The fraction of sp³-hybridized carbons (Fsp3) is 0.520. The average molecular weight is 406 g/mol. The number of likely N-dealkylation sites (tertiary alicyclic amines) is 1. The molecule has 1 aliphatic carbocycles. The van der Waals surface area contributed by atoms with Crippen molar-refractivity contribution in [2.24, 2.45) is 5.92 Å². The van der Waals surface area contributed by atoms with Crippen LogP contribution >= 0.6 is 0 Å². The van der Waals surface area contributed by atoms with Crippen LogP contribution in [-0.4, -0.2) is 41.0 Å². The molecule has 1 aromatic carbocycles. The van der Waals surface area contributed by atoms with Gasteiger partial charge >= 0.3 is 0 Å². The lowest BCUT2D eigenvalue weighted by Gasteiger charge is -2.47. The average Bonchev–Trinajstić information content (AvgIpc) is 3.60. The summed E-state index contributed by atoms with van der Waals surface area (Å²) in [6.07, 6.45) is 9.80. The first-order valence-electron chi connectivity index (χ1n) is 11.4. The molecule has 2 fully saturated rings. The van der Waals surface area contributed by atoms with Crippen LogP contribution in [0.5, 0.6) is 5.75 Å². The van der Waals surface area contributed by atoms with Crippen LogP contribution in [0.3, 0.4) is 0 Å². The van der Waals surface area contributed by atoms with Crippen molar-refractivity contribution < 1.29 is 9.53 Å². The van der Waals surface area contributed by atoms with Crippen LogP contribution in [0.25, 0.3) is 0 Å². The molecule has 1 saturated heterocycles. The molecule has 5 nitrogen and oxygen atoms in total. The molecule has 2 aliphatic heterocycles. The van der Waals surface area contributed by atoms with Gasteiger partial charge in [-0.1, -0.05) is 24.3 Å². The van der Waals surface area contributed by atoms with Crippen molar-refractivity contribution in [2.45, 2.75) is 56.6 Å². The quantitative estimate of drug-likeness (QED) is 0.792. The lowest BCUT2D eigenvalue weighted by atomic mass is 9.76. The summed E-state index contributed by atoms with van der Waals surface area (Å²) >= 11 is 0. The summed E-state index contributed by atoms with van der Waals surface area (Å²) in [5.74, 6) is 2.11. The highest BCUT2D eigenvalue weighted by atomic mass is 16.5. The van der Waals surface area contributed by atoms with Crippen LogP contribution in [0.1, 0.15) is 55.6 Å². The van der Waals surface area contributed by atoms with E-state index in [0.717, 1.165) is 51.2 Å². The maximum Gasteiger partial charge on any atom is 0.220 e. The Morgan fingerprint density at radius 3 is 2.77 bits per heavy atom. The van der Waals surface area contributed by atoms with Crippen molar-refractivity contribution in [2.75, 3.05) is 19.6 Å². The number of benzene rings is 1. The first-order valence-corrected chi connectivity index (χ1v) is 11.4. The Morgan fingerprint density at radius 2 is 2.00 bits per heavy atom. The van der Waals surface area contributed by atoms with E-state index in [4.69, 9.17) is 4.74 Å². The van der Waals surface area contributed by atoms with Gasteiger partial charge in [0.2, 0.25) is 5.91 Å². The number of ether oxygens (including phenoxy) is 1. The Hall–Kier alpha value is -2.40. The zero-order chi connectivity index (χ0) is 20.4. The molecular formula is C25H31N3O2. The van der Waals surface area contributed by atoms with Gasteiger partial charge in [0.15, 0.2) is 0 Å². The third-order valence-electron chi connectivity index (χ3n) is 6.92. The molecule has 5 rings (SSSR count). The number of carbonyl (C=O) groups excluding carboxylic acids is 1. The Labute approximate surface area is 178 Å². The van der Waals surface area contributed by atoms with Crippen LogP contribution in [0.2, 0.25) is 0 Å². The molecule has 1 atom stereocenters. The van der Waals surface area contributed by atoms with Crippen molar-refractivity contribution in [3.8, 4) is 5.75 Å². The Balaban J connectivity index is 1.25. The number of nitrogens with one attached hydrogen (secondary N) is 1. The second kappa shape index (κ2) is 8.38. The number of para-hydroxylation sites is 1. The molecule has 5 heteroatoms. The minimum atomic E-state index is -0.152. The van der Waals surface area contributed by atoms with E-state index in [2.05, 4.69) is 39.5 Å². The monoisotopic (exact) mass is 405 g/mol. The molecule has 2 aromatic rings. The lowest BCUT2D eigenvalue weighted by molar-refractivity contribution is -0.122. The molecule has 0 radical (unpaired) electrons. The molecule has 30 heavy (non-hydrogen) atoms. The van der Waals surface area contributed by atoms with E-state index in [1.54, 1.807) is 0 Å². The normalized spacial score (nSPS) is 22.9. The Kier molecular flexibility index (Phi) is 5.47. The maximum absolute atomic E-state index is 12.6. The Morgan fingerprint density at radius 1 is 1.17 bits per heavy atom. The number of aromatic nitrogens is 1. The van der Waals surface area contributed by atoms with Crippen molar-refractivity contribution in [1.82, 2.24) is 15.2 Å². The number of nitrogens with zero attached hydrogens (tertiary/aromatic N) is 2. The highest BCUT2D eigenvalue weighted by Gasteiger charge is 2.43. The van der Waals surface area contributed by atoms with Crippen LogP contribution < -0.4 is 10.1 Å².